The third-order valence-corrected chi connectivity index (χ3v) is 0. The van der Waals surface area contributed by atoms with Crippen molar-refractivity contribution in [1.29, 1.82) is 0 Å². The van der Waals surface area contributed by atoms with Crippen LogP contribution >= 0.6 is 0 Å². The number of hydrogen-bond acceptors (Lipinski definition) is 3. The molecule has 0 fully saturated rings. The van der Waals surface area contributed by atoms with E-state index in [-0.39, 0.29) is 165 Å². The summed E-state index contributed by atoms with van der Waals surface area (Å²) in [6, 6.07) is 0. The van der Waals surface area contributed by atoms with Crippen LogP contribution in [0, 0.1) is 0 Å². The molecule has 0 amide bonds. The van der Waals surface area contributed by atoms with Gasteiger partial charge in [0.2, 0.25) is 0 Å². The van der Waals surface area contributed by atoms with Gasteiger partial charge in [0.1, 0.15) is 0 Å². The van der Waals surface area contributed by atoms with Crippen LogP contribution in [0.5, 0.6) is 0 Å². The molecule has 40 valence electrons. The van der Waals surface area contributed by atoms with Crippen LogP contribution in [-0.2, 0) is 0 Å². The number of hydrogen-bond donors (Lipinski definition) is 0. The largest absolute Gasteiger partial charge is 2.00 e. The average Bonchev–Trinajstić information content (AvgIpc) is 0.811. The van der Waals surface area contributed by atoms with Crippen molar-refractivity contribution >= 4 is 43.9 Å². The maximum Gasteiger partial charge on any atom is 2.00 e. The molecule has 0 aliphatic heterocycles. The second-order valence-electron chi connectivity index (χ2n) is 0.250. The number of rotatable bonds is 0. The number of carboxylic acid groups (broad SMARTS) is 2. The topological polar surface area (TPSA) is 63.2 Å². The van der Waals surface area contributed by atoms with Gasteiger partial charge in [0, 0.05) is 0 Å². The fraction of sp³-hybridized carbons (Fsp3) is 0. The molecule has 3 nitrogen and oxygen atoms in total. The van der Waals surface area contributed by atoms with Crippen LogP contribution in [0.1, 0.15) is 0 Å². The van der Waals surface area contributed by atoms with E-state index in [1.165, 1.54) is 0 Å². The van der Waals surface area contributed by atoms with Crippen LogP contribution in [-0.4, -0.2) is 43.9 Å². The van der Waals surface area contributed by atoms with E-state index in [0.29, 0.717) is 0 Å². The summed E-state index contributed by atoms with van der Waals surface area (Å²) in [4.78, 5) is 8.33. The van der Waals surface area contributed by atoms with Gasteiger partial charge < -0.3 is 39.8 Å². The Bertz CT molecular complexity index is 42.8. The van der Waals surface area contributed by atoms with Crippen LogP contribution in [0.15, 0.2) is 0 Å². The first-order valence-corrected chi connectivity index (χ1v) is 0.612. The van der Waals surface area contributed by atoms with Crippen molar-refractivity contribution in [3.05, 3.63) is 0 Å². The van der Waals surface area contributed by atoms with Crippen molar-refractivity contribution in [1.82, 2.24) is 0 Å². The fourth-order valence-corrected chi connectivity index (χ4v) is 0. The van der Waals surface area contributed by atoms with Crippen molar-refractivity contribution < 1.29 is 143 Å². The predicted molar refractivity (Wildman–Crippen MR) is 11.1 cm³/mol. The molecule has 0 aromatic rings. The van der Waals surface area contributed by atoms with Crippen LogP contribution in [0.25, 0.3) is 0 Å². The second kappa shape index (κ2) is 29.4. The van der Waals surface area contributed by atoms with Crippen molar-refractivity contribution in [2.75, 3.05) is 0 Å². The Balaban J connectivity index is -0.00000000450. The number of carbonyl (C=O) groups is 1. The third-order valence-electron chi connectivity index (χ3n) is 0. The van der Waals surface area contributed by atoms with E-state index in [9.17, 15) is 0 Å². The summed E-state index contributed by atoms with van der Waals surface area (Å²) in [5.41, 5.74) is 0. The molecule has 0 aliphatic rings. The van der Waals surface area contributed by atoms with Crippen molar-refractivity contribution in [2.24, 2.45) is 0 Å². The maximum atomic E-state index is 8.33. The van der Waals surface area contributed by atoms with E-state index in [2.05, 4.69) is 0 Å². The van der Waals surface area contributed by atoms with E-state index >= 15 is 0 Å². The Labute approximate surface area is 181 Å². The molecule has 0 heterocycles. The monoisotopic (exact) mass is 248 g/mol. The molecular formula is CCaCl2K2O3. The standard InChI is InChI=1S/CH2O3.Ca.2ClH.2K/c2-1(3)4;;;;;/h(H2,2,3,4);;2*1H;;/q;+2;;;2*+1/p-4. The Hall–Kier alpha value is 4.38. The molecule has 0 bridgehead atoms. The zero-order valence-electron chi connectivity index (χ0n) is 5.19. The van der Waals surface area contributed by atoms with Gasteiger partial charge in [-0.1, -0.05) is 0 Å². The van der Waals surface area contributed by atoms with Gasteiger partial charge in [-0.05, 0) is 6.16 Å². The van der Waals surface area contributed by atoms with E-state index in [4.69, 9.17) is 15.0 Å². The van der Waals surface area contributed by atoms with Gasteiger partial charge in [-0.25, -0.2) is 0 Å². The fourth-order valence-electron chi connectivity index (χ4n) is 0. The van der Waals surface area contributed by atoms with Gasteiger partial charge in [-0.3, -0.25) is 0 Å². The molecule has 0 N–H and O–H groups in total. The first kappa shape index (κ1) is 37.6. The van der Waals surface area contributed by atoms with E-state index in [1.54, 1.807) is 0 Å². The molecular weight excluding hydrogens is 249 g/mol. The van der Waals surface area contributed by atoms with E-state index in [0.717, 1.165) is 0 Å². The van der Waals surface area contributed by atoms with Crippen LogP contribution in [0.3, 0.4) is 0 Å². The average molecular weight is 249 g/mol. The van der Waals surface area contributed by atoms with Crippen LogP contribution in [0.4, 0.5) is 4.79 Å². The minimum atomic E-state index is -2.33. The van der Waals surface area contributed by atoms with Gasteiger partial charge in [0.15, 0.2) is 0 Å². The Morgan fingerprint density at radius 1 is 1.00 bits per heavy atom. The summed E-state index contributed by atoms with van der Waals surface area (Å²) in [7, 11) is 0. The minimum absolute atomic E-state index is 0. The molecule has 0 rings (SSSR count). The number of carbonyl (C=O) groups excluding carboxylic acids is 1. The molecule has 0 aromatic heterocycles. The second-order valence-corrected chi connectivity index (χ2v) is 0.250. The first-order valence-electron chi connectivity index (χ1n) is 0.612. The van der Waals surface area contributed by atoms with Crippen molar-refractivity contribution in [3.63, 3.8) is 0 Å². The van der Waals surface area contributed by atoms with Gasteiger partial charge in [-0.15, -0.1) is 0 Å². The van der Waals surface area contributed by atoms with Crippen molar-refractivity contribution in [2.45, 2.75) is 0 Å². The molecule has 0 aromatic carbocycles. The first-order chi connectivity index (χ1) is 1.73. The quantitative estimate of drug-likeness (QED) is 0.400. The summed E-state index contributed by atoms with van der Waals surface area (Å²) in [6.45, 7) is 0. The Morgan fingerprint density at radius 3 is 1.00 bits per heavy atom. The molecule has 0 radical (unpaired) electrons. The summed E-state index contributed by atoms with van der Waals surface area (Å²) in [5, 5.41) is 16.7. The summed E-state index contributed by atoms with van der Waals surface area (Å²) < 4.78 is 0. The SMILES string of the molecule is O=C([O-])[O-].[Ca+2].[Cl-].[Cl-].[K+].[K+]. The summed E-state index contributed by atoms with van der Waals surface area (Å²) >= 11 is 0. The molecule has 0 spiro atoms. The zero-order valence-corrected chi connectivity index (χ0v) is 15.2. The molecule has 9 heavy (non-hydrogen) atoms. The third kappa shape index (κ3) is 69.5. The summed E-state index contributed by atoms with van der Waals surface area (Å²) in [6.07, 6.45) is -2.33. The Kier molecular flexibility index (Phi) is 123. The summed E-state index contributed by atoms with van der Waals surface area (Å²) in [5.74, 6) is 0. The minimum Gasteiger partial charge on any atom is -1.00 e. The molecule has 0 saturated carbocycles. The molecule has 0 atom stereocenters. The van der Waals surface area contributed by atoms with Crippen LogP contribution < -0.4 is 138 Å². The van der Waals surface area contributed by atoms with Gasteiger partial charge >= 0.3 is 141 Å². The van der Waals surface area contributed by atoms with E-state index < -0.39 is 6.16 Å². The van der Waals surface area contributed by atoms with E-state index in [1.807, 2.05) is 0 Å². The predicted octanol–water partition coefficient (Wildman–Crippen LogP) is -14.8. The van der Waals surface area contributed by atoms with Gasteiger partial charge in [0.25, 0.3) is 0 Å². The van der Waals surface area contributed by atoms with Crippen LogP contribution in [0.2, 0.25) is 0 Å². The van der Waals surface area contributed by atoms with Gasteiger partial charge in [-0.2, -0.15) is 0 Å². The van der Waals surface area contributed by atoms with Crippen molar-refractivity contribution in [3.8, 4) is 0 Å². The maximum absolute atomic E-state index is 8.33. The molecule has 0 unspecified atom stereocenters. The Morgan fingerprint density at radius 2 is 1.00 bits per heavy atom. The molecule has 0 saturated heterocycles. The normalized spacial score (nSPS) is 2.67. The zero-order chi connectivity index (χ0) is 3.58. The van der Waals surface area contributed by atoms with Gasteiger partial charge in [0.05, 0.1) is 0 Å². The number of halogens is 2. The molecule has 8 heteroatoms. The smallest absolute Gasteiger partial charge is 1.00 e. The molecule has 0 aliphatic carbocycles.